The van der Waals surface area contributed by atoms with Gasteiger partial charge in [-0.05, 0) is 51.6 Å². The molecular weight excluding hydrogens is 436 g/mol. The van der Waals surface area contributed by atoms with Gasteiger partial charge in [-0.3, -0.25) is 9.78 Å². The number of hydrogen-bond acceptors (Lipinski definition) is 6. The lowest BCUT2D eigenvalue weighted by Crippen LogP contribution is -2.07. The number of carboxylic acids is 1. The van der Waals surface area contributed by atoms with Gasteiger partial charge in [0, 0.05) is 24.3 Å². The molecule has 0 fully saturated rings. The van der Waals surface area contributed by atoms with Gasteiger partial charge < -0.3 is 20.3 Å². The number of aliphatic carboxylic acids is 1. The van der Waals surface area contributed by atoms with Crippen molar-refractivity contribution in [3.63, 3.8) is 0 Å². The molecule has 0 bridgehead atoms. The van der Waals surface area contributed by atoms with Crippen molar-refractivity contribution in [3.05, 3.63) is 71.2 Å². The van der Waals surface area contributed by atoms with Crippen LogP contribution in [0.3, 0.4) is 0 Å². The molecule has 9 heteroatoms. The van der Waals surface area contributed by atoms with Gasteiger partial charge in [0.15, 0.2) is 0 Å². The van der Waals surface area contributed by atoms with E-state index >= 15 is 0 Å². The van der Waals surface area contributed by atoms with E-state index in [2.05, 4.69) is 41.5 Å². The van der Waals surface area contributed by atoms with Crippen LogP contribution in [-0.2, 0) is 17.9 Å². The number of hydrogen-bond donors (Lipinski definition) is 3. The first kappa shape index (κ1) is 18.9. The van der Waals surface area contributed by atoms with Gasteiger partial charge in [-0.2, -0.15) is 4.98 Å². The molecule has 146 valence electrons. The first-order chi connectivity index (χ1) is 14.1. The van der Waals surface area contributed by atoms with Gasteiger partial charge in [0.2, 0.25) is 5.95 Å². The summed E-state index contributed by atoms with van der Waals surface area (Å²) in [5.74, 6) is 0.177. The van der Waals surface area contributed by atoms with Crippen LogP contribution in [0.2, 0.25) is 0 Å². The minimum atomic E-state index is -0.888. The number of anilines is 3. The predicted octanol–water partition coefficient (Wildman–Crippen LogP) is 4.03. The number of rotatable bonds is 7. The first-order valence-electron chi connectivity index (χ1n) is 8.82. The third-order valence-corrected chi connectivity index (χ3v) is 4.82. The molecule has 8 nitrogen and oxygen atoms in total. The molecule has 0 saturated carbocycles. The number of carbonyl (C=O) groups is 1. The van der Waals surface area contributed by atoms with E-state index in [1.165, 1.54) is 0 Å². The van der Waals surface area contributed by atoms with E-state index in [-0.39, 0.29) is 6.54 Å². The molecule has 0 aliphatic heterocycles. The number of nitrogens with one attached hydrogen (secondary N) is 2. The third-order valence-electron chi connectivity index (χ3n) is 4.24. The number of benzene rings is 1. The second-order valence-corrected chi connectivity index (χ2v) is 7.16. The number of carboxylic acid groups (broad SMARTS) is 1. The molecule has 3 aromatic heterocycles. The molecule has 0 atom stereocenters. The number of aromatic nitrogens is 4. The summed E-state index contributed by atoms with van der Waals surface area (Å²) in [6.07, 6.45) is 5.18. The fourth-order valence-corrected chi connectivity index (χ4v) is 3.23. The minimum absolute atomic E-state index is 0.0939. The molecule has 1 aromatic carbocycles. The van der Waals surface area contributed by atoms with Gasteiger partial charge in [-0.15, -0.1) is 0 Å². The van der Waals surface area contributed by atoms with Crippen molar-refractivity contribution in [1.29, 1.82) is 0 Å². The Morgan fingerprint density at radius 2 is 2.07 bits per heavy atom. The highest BCUT2D eigenvalue weighted by molar-refractivity contribution is 9.10. The van der Waals surface area contributed by atoms with Gasteiger partial charge in [0.1, 0.15) is 12.4 Å². The smallest absolute Gasteiger partial charge is 0.323 e. The van der Waals surface area contributed by atoms with Crippen molar-refractivity contribution in [2.75, 3.05) is 10.6 Å². The molecule has 3 N–H and O–H groups in total. The van der Waals surface area contributed by atoms with Crippen molar-refractivity contribution < 1.29 is 9.90 Å². The molecule has 0 spiro atoms. The lowest BCUT2D eigenvalue weighted by Gasteiger charge is -2.10. The highest BCUT2D eigenvalue weighted by atomic mass is 79.9. The van der Waals surface area contributed by atoms with Crippen molar-refractivity contribution in [3.8, 4) is 0 Å². The van der Waals surface area contributed by atoms with Crippen LogP contribution < -0.4 is 10.6 Å². The molecule has 3 heterocycles. The summed E-state index contributed by atoms with van der Waals surface area (Å²) in [6.45, 7) is 0.438. The van der Waals surface area contributed by atoms with Crippen molar-refractivity contribution in [2.24, 2.45) is 0 Å². The van der Waals surface area contributed by atoms with Crippen LogP contribution in [0.25, 0.3) is 10.9 Å². The van der Waals surface area contributed by atoms with Crippen LogP contribution in [0, 0.1) is 0 Å². The monoisotopic (exact) mass is 452 g/mol. The van der Waals surface area contributed by atoms with Gasteiger partial charge in [0.25, 0.3) is 0 Å². The SMILES string of the molecule is O=C(O)Cn1ccc2ccc(Nc3ncc(Br)c(NCc4ccccn4)n3)cc21. The molecule has 0 aliphatic rings. The Kier molecular flexibility index (Phi) is 5.39. The Hall–Kier alpha value is -3.46. The molecule has 0 radical (unpaired) electrons. The molecule has 29 heavy (non-hydrogen) atoms. The zero-order chi connectivity index (χ0) is 20.2. The van der Waals surface area contributed by atoms with E-state index in [4.69, 9.17) is 5.11 Å². The van der Waals surface area contributed by atoms with Crippen LogP contribution in [0.15, 0.2) is 65.5 Å². The Balaban J connectivity index is 1.54. The third kappa shape index (κ3) is 4.52. The standard InChI is InChI=1S/C20H17BrN6O2/c21-16-11-24-20(26-19(16)23-10-15-3-1-2-7-22-15)25-14-5-4-13-6-8-27(12-18(28)29)17(13)9-14/h1-9,11H,10,12H2,(H,28,29)(H2,23,24,25,26). The molecule has 0 amide bonds. The second-order valence-electron chi connectivity index (χ2n) is 6.30. The summed E-state index contributed by atoms with van der Waals surface area (Å²) in [5, 5.41) is 16.4. The fraction of sp³-hybridized carbons (Fsp3) is 0.100. The van der Waals surface area contributed by atoms with Gasteiger partial charge in [-0.25, -0.2) is 4.98 Å². The van der Waals surface area contributed by atoms with E-state index in [0.717, 1.165) is 26.8 Å². The number of fused-ring (bicyclic) bond motifs is 1. The second kappa shape index (κ2) is 8.27. The largest absolute Gasteiger partial charge is 0.480 e. The normalized spacial score (nSPS) is 10.8. The van der Waals surface area contributed by atoms with Gasteiger partial charge in [0.05, 0.1) is 22.2 Å². The van der Waals surface area contributed by atoms with E-state index in [1.54, 1.807) is 23.2 Å². The van der Waals surface area contributed by atoms with Gasteiger partial charge >= 0.3 is 5.97 Å². The molecule has 0 aliphatic carbocycles. The average Bonchev–Trinajstić information content (AvgIpc) is 3.10. The topological polar surface area (TPSA) is 105 Å². The minimum Gasteiger partial charge on any atom is -0.480 e. The van der Waals surface area contributed by atoms with Crippen LogP contribution in [0.5, 0.6) is 0 Å². The lowest BCUT2D eigenvalue weighted by atomic mass is 10.2. The quantitative estimate of drug-likeness (QED) is 0.388. The first-order valence-corrected chi connectivity index (χ1v) is 9.62. The maximum absolute atomic E-state index is 11.0. The summed E-state index contributed by atoms with van der Waals surface area (Å²) in [6, 6.07) is 13.3. The van der Waals surface area contributed by atoms with Crippen LogP contribution >= 0.6 is 15.9 Å². The Bertz CT molecular complexity index is 1160. The predicted molar refractivity (Wildman–Crippen MR) is 114 cm³/mol. The highest BCUT2D eigenvalue weighted by Crippen LogP contribution is 2.25. The van der Waals surface area contributed by atoms with E-state index in [1.807, 2.05) is 42.5 Å². The Labute approximate surface area is 174 Å². The van der Waals surface area contributed by atoms with Crippen molar-refractivity contribution >= 4 is 50.3 Å². The van der Waals surface area contributed by atoms with Gasteiger partial charge in [-0.1, -0.05) is 12.1 Å². The lowest BCUT2D eigenvalue weighted by molar-refractivity contribution is -0.137. The number of nitrogens with zero attached hydrogens (tertiary/aromatic N) is 4. The summed E-state index contributed by atoms with van der Waals surface area (Å²) >= 11 is 3.45. The van der Waals surface area contributed by atoms with Crippen LogP contribution in [-0.4, -0.2) is 30.6 Å². The molecule has 4 aromatic rings. The van der Waals surface area contributed by atoms with Crippen molar-refractivity contribution in [1.82, 2.24) is 19.5 Å². The number of pyridine rings is 1. The summed E-state index contributed by atoms with van der Waals surface area (Å²) in [5.41, 5.74) is 2.49. The summed E-state index contributed by atoms with van der Waals surface area (Å²) in [4.78, 5) is 24.1. The van der Waals surface area contributed by atoms with Crippen molar-refractivity contribution in [2.45, 2.75) is 13.1 Å². The zero-order valence-electron chi connectivity index (χ0n) is 15.2. The summed E-state index contributed by atoms with van der Waals surface area (Å²) in [7, 11) is 0. The summed E-state index contributed by atoms with van der Waals surface area (Å²) < 4.78 is 2.43. The molecule has 0 unspecified atom stereocenters. The highest BCUT2D eigenvalue weighted by Gasteiger charge is 2.09. The number of halogens is 1. The average molecular weight is 453 g/mol. The van der Waals surface area contributed by atoms with Crippen LogP contribution in [0.4, 0.5) is 17.5 Å². The Morgan fingerprint density at radius 3 is 2.86 bits per heavy atom. The zero-order valence-corrected chi connectivity index (χ0v) is 16.8. The Morgan fingerprint density at radius 1 is 1.17 bits per heavy atom. The molecule has 0 saturated heterocycles. The maximum atomic E-state index is 11.0. The van der Waals surface area contributed by atoms with Crippen LogP contribution in [0.1, 0.15) is 5.69 Å². The molecular formula is C20H17BrN6O2. The van der Waals surface area contributed by atoms with E-state index < -0.39 is 5.97 Å². The van der Waals surface area contributed by atoms with E-state index in [0.29, 0.717) is 18.3 Å². The molecule has 4 rings (SSSR count). The fourth-order valence-electron chi connectivity index (χ4n) is 2.90. The maximum Gasteiger partial charge on any atom is 0.323 e. The van der Waals surface area contributed by atoms with E-state index in [9.17, 15) is 4.79 Å².